The number of allylic oxidation sites excluding steroid dienone is 1. The quantitative estimate of drug-likeness (QED) is 0.615. The van der Waals surface area contributed by atoms with Gasteiger partial charge in [0.05, 0.1) is 5.56 Å². The van der Waals surface area contributed by atoms with Gasteiger partial charge in [-0.2, -0.15) is 13.2 Å². The molecular formula is C9H5BrF3NO. The fourth-order valence-electron chi connectivity index (χ4n) is 0.948. The van der Waals surface area contributed by atoms with E-state index < -0.39 is 23.2 Å². The van der Waals surface area contributed by atoms with Gasteiger partial charge >= 0.3 is 6.18 Å². The summed E-state index contributed by atoms with van der Waals surface area (Å²) in [6, 6.07) is 0.809. The number of hydrogen-bond acceptors (Lipinski definition) is 2. The summed E-state index contributed by atoms with van der Waals surface area (Å²) in [6.45, 7) is 3.11. The van der Waals surface area contributed by atoms with Crippen molar-refractivity contribution in [3.05, 3.63) is 40.6 Å². The third kappa shape index (κ3) is 2.65. The van der Waals surface area contributed by atoms with Crippen molar-refractivity contribution in [1.82, 2.24) is 4.98 Å². The van der Waals surface area contributed by atoms with Gasteiger partial charge in [-0.25, -0.2) is 0 Å². The fourth-order valence-corrected chi connectivity index (χ4v) is 1.28. The Hall–Kier alpha value is -1.17. The summed E-state index contributed by atoms with van der Waals surface area (Å²) < 4.78 is 37.6. The number of carbonyl (C=O) groups excluding carboxylic acids is 1. The second-order valence-corrected chi connectivity index (χ2v) is 3.53. The molecule has 0 N–H and O–H groups in total. The minimum atomic E-state index is -4.61. The van der Waals surface area contributed by atoms with Crippen molar-refractivity contribution >= 4 is 21.7 Å². The van der Waals surface area contributed by atoms with Crippen LogP contribution in [0.15, 0.2) is 29.4 Å². The summed E-state index contributed by atoms with van der Waals surface area (Å²) in [5.41, 5.74) is -1.71. The Balaban J connectivity index is 3.39. The first-order valence-corrected chi connectivity index (χ1v) is 4.55. The van der Waals surface area contributed by atoms with E-state index in [4.69, 9.17) is 0 Å². The van der Waals surface area contributed by atoms with Gasteiger partial charge in [-0.1, -0.05) is 6.58 Å². The highest BCUT2D eigenvalue weighted by Crippen LogP contribution is 2.33. The predicted octanol–water partition coefficient (Wildman–Crippen LogP) is 3.23. The summed E-state index contributed by atoms with van der Waals surface area (Å²) in [5, 5.41) is 0. The van der Waals surface area contributed by atoms with Crippen LogP contribution < -0.4 is 0 Å². The molecule has 0 aliphatic carbocycles. The van der Waals surface area contributed by atoms with Crippen molar-refractivity contribution in [2.75, 3.05) is 0 Å². The van der Waals surface area contributed by atoms with Crippen LogP contribution in [-0.2, 0) is 6.18 Å². The van der Waals surface area contributed by atoms with Crippen molar-refractivity contribution in [2.45, 2.75) is 6.18 Å². The van der Waals surface area contributed by atoms with Crippen LogP contribution in [0.2, 0.25) is 0 Å². The van der Waals surface area contributed by atoms with Gasteiger partial charge in [-0.15, -0.1) is 0 Å². The molecule has 6 heteroatoms. The summed E-state index contributed by atoms with van der Waals surface area (Å²) in [4.78, 5) is 14.5. The molecule has 0 aliphatic heterocycles. The molecule has 0 amide bonds. The number of carbonyl (C=O) groups is 1. The van der Waals surface area contributed by atoms with Crippen LogP contribution in [-0.4, -0.2) is 10.8 Å². The van der Waals surface area contributed by atoms with E-state index in [1.807, 2.05) is 0 Å². The molecule has 0 spiro atoms. The van der Waals surface area contributed by atoms with Gasteiger partial charge in [0, 0.05) is 10.7 Å². The van der Waals surface area contributed by atoms with Gasteiger partial charge in [0.15, 0.2) is 0 Å². The molecule has 0 saturated heterocycles. The minimum absolute atomic E-state index is 0.162. The maximum atomic E-state index is 12.5. The topological polar surface area (TPSA) is 30.0 Å². The highest BCUT2D eigenvalue weighted by atomic mass is 79.9. The molecule has 0 unspecified atom stereocenters. The molecule has 0 saturated carbocycles. The monoisotopic (exact) mass is 279 g/mol. The number of ketones is 1. The van der Waals surface area contributed by atoms with Gasteiger partial charge in [-0.05, 0) is 28.1 Å². The van der Waals surface area contributed by atoms with Gasteiger partial charge in [0.2, 0.25) is 5.78 Å². The molecule has 1 rings (SSSR count). The lowest BCUT2D eigenvalue weighted by Gasteiger charge is -2.09. The molecular weight excluding hydrogens is 275 g/mol. The zero-order valence-electron chi connectivity index (χ0n) is 7.31. The van der Waals surface area contributed by atoms with Crippen molar-refractivity contribution in [2.24, 2.45) is 0 Å². The molecule has 0 aliphatic rings. The molecule has 15 heavy (non-hydrogen) atoms. The lowest BCUT2D eigenvalue weighted by molar-refractivity contribution is -0.138. The highest BCUT2D eigenvalue weighted by Gasteiger charge is 2.35. The van der Waals surface area contributed by atoms with Crippen molar-refractivity contribution in [3.8, 4) is 0 Å². The van der Waals surface area contributed by atoms with E-state index in [-0.39, 0.29) is 4.47 Å². The Morgan fingerprint density at radius 1 is 1.53 bits per heavy atom. The first-order chi connectivity index (χ1) is 6.86. The van der Waals surface area contributed by atoms with Crippen LogP contribution in [0.4, 0.5) is 13.2 Å². The average molecular weight is 280 g/mol. The van der Waals surface area contributed by atoms with Gasteiger partial charge in [0.1, 0.15) is 5.69 Å². The van der Waals surface area contributed by atoms with Crippen LogP contribution in [0.25, 0.3) is 0 Å². The van der Waals surface area contributed by atoms with Crippen LogP contribution in [0.3, 0.4) is 0 Å². The average Bonchev–Trinajstić information content (AvgIpc) is 2.15. The number of pyridine rings is 1. The SMILES string of the molecule is C=CC(=O)c1ncc(Br)cc1C(F)(F)F. The predicted molar refractivity (Wildman–Crippen MR) is 51.5 cm³/mol. The van der Waals surface area contributed by atoms with E-state index in [1.165, 1.54) is 0 Å². The number of aromatic nitrogens is 1. The lowest BCUT2D eigenvalue weighted by atomic mass is 10.1. The minimum Gasteiger partial charge on any atom is -0.288 e. The third-order valence-corrected chi connectivity index (χ3v) is 2.01. The smallest absolute Gasteiger partial charge is 0.288 e. The van der Waals surface area contributed by atoms with E-state index in [9.17, 15) is 18.0 Å². The molecule has 0 bridgehead atoms. The maximum Gasteiger partial charge on any atom is 0.418 e. The van der Waals surface area contributed by atoms with Gasteiger partial charge < -0.3 is 0 Å². The summed E-state index contributed by atoms with van der Waals surface area (Å²) in [7, 11) is 0. The van der Waals surface area contributed by atoms with Crippen LogP contribution in [0.5, 0.6) is 0 Å². The molecule has 80 valence electrons. The summed E-state index contributed by atoms with van der Waals surface area (Å²) >= 11 is 2.86. The van der Waals surface area contributed by atoms with Crippen molar-refractivity contribution < 1.29 is 18.0 Å². The van der Waals surface area contributed by atoms with Gasteiger partial charge in [0.25, 0.3) is 0 Å². The molecule has 1 aromatic rings. The van der Waals surface area contributed by atoms with E-state index in [2.05, 4.69) is 27.5 Å². The number of alkyl halides is 3. The fraction of sp³-hybridized carbons (Fsp3) is 0.111. The third-order valence-electron chi connectivity index (χ3n) is 1.58. The van der Waals surface area contributed by atoms with E-state index in [1.54, 1.807) is 0 Å². The normalized spacial score (nSPS) is 11.2. The Morgan fingerprint density at radius 3 is 2.60 bits per heavy atom. The molecule has 0 atom stereocenters. The van der Waals surface area contributed by atoms with Crippen molar-refractivity contribution in [1.29, 1.82) is 0 Å². The molecule has 0 aromatic carbocycles. The summed E-state index contributed by atoms with van der Waals surface area (Å²) in [5.74, 6) is -0.852. The lowest BCUT2D eigenvalue weighted by Crippen LogP contribution is -2.13. The largest absolute Gasteiger partial charge is 0.418 e. The Labute approximate surface area is 91.9 Å². The second kappa shape index (κ2) is 4.14. The molecule has 1 aromatic heterocycles. The molecule has 1 heterocycles. The standard InChI is InChI=1S/C9H5BrF3NO/c1-2-7(15)8-6(9(11,12)13)3-5(10)4-14-8/h2-4H,1H2. The summed E-state index contributed by atoms with van der Waals surface area (Å²) in [6.07, 6.45) is -2.68. The number of hydrogen-bond donors (Lipinski definition) is 0. The van der Waals surface area contributed by atoms with Crippen molar-refractivity contribution in [3.63, 3.8) is 0 Å². The highest BCUT2D eigenvalue weighted by molar-refractivity contribution is 9.10. The molecule has 2 nitrogen and oxygen atoms in total. The Morgan fingerprint density at radius 2 is 2.13 bits per heavy atom. The molecule has 0 radical (unpaired) electrons. The van der Waals surface area contributed by atoms with Gasteiger partial charge in [-0.3, -0.25) is 9.78 Å². The van der Waals surface area contributed by atoms with Crippen LogP contribution in [0, 0.1) is 0 Å². The zero-order chi connectivity index (χ0) is 11.6. The van der Waals surface area contributed by atoms with E-state index in [0.717, 1.165) is 18.3 Å². The molecule has 0 fully saturated rings. The first kappa shape index (κ1) is 11.9. The zero-order valence-corrected chi connectivity index (χ0v) is 8.89. The first-order valence-electron chi connectivity index (χ1n) is 3.75. The van der Waals surface area contributed by atoms with E-state index in [0.29, 0.717) is 0 Å². The Kier molecular flexibility index (Phi) is 3.28. The van der Waals surface area contributed by atoms with Crippen LogP contribution >= 0.6 is 15.9 Å². The van der Waals surface area contributed by atoms with E-state index >= 15 is 0 Å². The number of halogens is 4. The Bertz CT molecular complexity index is 414. The number of nitrogens with zero attached hydrogens (tertiary/aromatic N) is 1. The number of rotatable bonds is 2. The second-order valence-electron chi connectivity index (χ2n) is 2.62. The maximum absolute atomic E-state index is 12.5. The van der Waals surface area contributed by atoms with Crippen LogP contribution in [0.1, 0.15) is 16.1 Å².